The summed E-state index contributed by atoms with van der Waals surface area (Å²) in [5.41, 5.74) is -0.176. The lowest BCUT2D eigenvalue weighted by Gasteiger charge is -2.11. The van der Waals surface area contributed by atoms with Crippen LogP contribution in [0, 0.1) is 10.1 Å². The largest absolute Gasteiger partial charge is 0.363 e. The number of anilines is 1. The maximum Gasteiger partial charge on any atom is 0.312 e. The monoisotopic (exact) mass is 349 g/mol. The summed E-state index contributed by atoms with van der Waals surface area (Å²) < 4.78 is 23.8. The first-order valence-electron chi connectivity index (χ1n) is 5.65. The zero-order valence-corrected chi connectivity index (χ0v) is 12.3. The number of nitrogens with one attached hydrogen (secondary N) is 1. The number of nitrogens with zero attached hydrogens (tertiary/aromatic N) is 2. The van der Waals surface area contributed by atoms with Gasteiger partial charge in [-0.05, 0) is 28.8 Å². The number of halogens is 1. The van der Waals surface area contributed by atoms with Gasteiger partial charge in [-0.2, -0.15) is 0 Å². The molecule has 7 nitrogen and oxygen atoms in total. The van der Waals surface area contributed by atoms with Gasteiger partial charge in [-0.15, -0.1) is 0 Å². The SMILES string of the molecule is O=[N+]([O-])c1cc(Br)cnc1NCC1CCCS1(=O)=O. The Morgan fingerprint density at radius 3 is 2.89 bits per heavy atom. The van der Waals surface area contributed by atoms with Crippen molar-refractivity contribution in [3.05, 3.63) is 26.9 Å². The maximum atomic E-state index is 11.7. The van der Waals surface area contributed by atoms with E-state index in [9.17, 15) is 18.5 Å². The Hall–Kier alpha value is -1.22. The minimum atomic E-state index is -3.07. The second-order valence-corrected chi connectivity index (χ2v) is 7.61. The molecule has 1 aromatic rings. The number of hydrogen-bond acceptors (Lipinski definition) is 6. The number of rotatable bonds is 4. The zero-order valence-electron chi connectivity index (χ0n) is 9.87. The van der Waals surface area contributed by atoms with Gasteiger partial charge in [-0.3, -0.25) is 10.1 Å². The van der Waals surface area contributed by atoms with Crippen LogP contribution in [-0.4, -0.2) is 35.9 Å². The first-order valence-corrected chi connectivity index (χ1v) is 8.16. The van der Waals surface area contributed by atoms with Crippen molar-refractivity contribution in [1.29, 1.82) is 0 Å². The van der Waals surface area contributed by atoms with Gasteiger partial charge in [0, 0.05) is 23.3 Å². The molecule has 19 heavy (non-hydrogen) atoms. The smallest absolute Gasteiger partial charge is 0.312 e. The molecular formula is C10H12BrN3O4S. The Morgan fingerprint density at radius 1 is 1.58 bits per heavy atom. The van der Waals surface area contributed by atoms with Gasteiger partial charge in [-0.1, -0.05) is 0 Å². The first-order chi connectivity index (χ1) is 8.90. The van der Waals surface area contributed by atoms with E-state index in [-0.39, 0.29) is 23.8 Å². The fraction of sp³-hybridized carbons (Fsp3) is 0.500. The molecule has 0 saturated carbocycles. The summed E-state index contributed by atoms with van der Waals surface area (Å²) in [6.07, 6.45) is 2.66. The van der Waals surface area contributed by atoms with Gasteiger partial charge in [-0.25, -0.2) is 13.4 Å². The Labute approximate surface area is 118 Å². The van der Waals surface area contributed by atoms with E-state index in [1.165, 1.54) is 12.3 Å². The molecule has 1 aromatic heterocycles. The van der Waals surface area contributed by atoms with Crippen LogP contribution in [0.15, 0.2) is 16.7 Å². The van der Waals surface area contributed by atoms with Crippen molar-refractivity contribution < 1.29 is 13.3 Å². The standard InChI is InChI=1S/C10H12BrN3O4S/c11-7-4-9(14(15)16)10(12-5-7)13-6-8-2-1-3-19(8,17)18/h4-5,8H,1-3,6H2,(H,12,13). The normalized spacial score (nSPS) is 21.2. The van der Waals surface area contributed by atoms with Crippen LogP contribution in [-0.2, 0) is 9.84 Å². The molecule has 1 N–H and O–H groups in total. The van der Waals surface area contributed by atoms with Crippen molar-refractivity contribution in [2.45, 2.75) is 18.1 Å². The van der Waals surface area contributed by atoms with E-state index < -0.39 is 20.0 Å². The Kier molecular flexibility index (Phi) is 4.04. The van der Waals surface area contributed by atoms with Gasteiger partial charge in [0.1, 0.15) is 0 Å². The lowest BCUT2D eigenvalue weighted by molar-refractivity contribution is -0.384. The lowest BCUT2D eigenvalue weighted by atomic mass is 10.2. The molecule has 1 aliphatic heterocycles. The van der Waals surface area contributed by atoms with Crippen LogP contribution in [0.4, 0.5) is 11.5 Å². The zero-order chi connectivity index (χ0) is 14.0. The molecule has 104 valence electrons. The molecule has 0 spiro atoms. The minimum absolute atomic E-state index is 0.0929. The second kappa shape index (κ2) is 5.41. The van der Waals surface area contributed by atoms with Crippen molar-refractivity contribution in [3.63, 3.8) is 0 Å². The molecule has 1 saturated heterocycles. The topological polar surface area (TPSA) is 102 Å². The number of aromatic nitrogens is 1. The average molecular weight is 350 g/mol. The van der Waals surface area contributed by atoms with Crippen LogP contribution in [0.25, 0.3) is 0 Å². The molecule has 1 unspecified atom stereocenters. The summed E-state index contributed by atoms with van der Waals surface area (Å²) >= 11 is 3.11. The van der Waals surface area contributed by atoms with Crippen LogP contribution in [0.5, 0.6) is 0 Å². The molecule has 1 fully saturated rings. The molecule has 9 heteroatoms. The van der Waals surface area contributed by atoms with E-state index in [4.69, 9.17) is 0 Å². The van der Waals surface area contributed by atoms with E-state index in [1.807, 2.05) is 0 Å². The van der Waals surface area contributed by atoms with Crippen LogP contribution in [0.1, 0.15) is 12.8 Å². The molecule has 0 aromatic carbocycles. The summed E-state index contributed by atoms with van der Waals surface area (Å²) in [6.45, 7) is 0.151. The van der Waals surface area contributed by atoms with E-state index in [0.717, 1.165) is 0 Å². The molecule has 2 rings (SSSR count). The van der Waals surface area contributed by atoms with Gasteiger partial charge in [0.25, 0.3) is 0 Å². The summed E-state index contributed by atoms with van der Waals surface area (Å²) in [5.74, 6) is 0.283. The van der Waals surface area contributed by atoms with Crippen LogP contribution < -0.4 is 5.32 Å². The lowest BCUT2D eigenvalue weighted by Crippen LogP contribution is -2.25. The van der Waals surface area contributed by atoms with E-state index in [1.54, 1.807) is 0 Å². The predicted molar refractivity (Wildman–Crippen MR) is 73.9 cm³/mol. The third-order valence-corrected chi connectivity index (χ3v) is 5.70. The number of hydrogen-bond donors (Lipinski definition) is 1. The molecule has 1 atom stereocenters. The number of pyridine rings is 1. The summed E-state index contributed by atoms with van der Waals surface area (Å²) in [4.78, 5) is 14.2. The van der Waals surface area contributed by atoms with Crippen molar-refractivity contribution in [2.75, 3.05) is 17.6 Å². The fourth-order valence-corrected chi connectivity index (χ4v) is 4.09. The van der Waals surface area contributed by atoms with Gasteiger partial charge in [0.15, 0.2) is 9.84 Å². The Balaban J connectivity index is 2.14. The molecule has 0 amide bonds. The highest BCUT2D eigenvalue weighted by molar-refractivity contribution is 9.10. The highest BCUT2D eigenvalue weighted by Crippen LogP contribution is 2.26. The number of sulfone groups is 1. The summed E-state index contributed by atoms with van der Waals surface area (Å²) in [7, 11) is -3.07. The molecular weight excluding hydrogens is 338 g/mol. The van der Waals surface area contributed by atoms with Gasteiger partial charge in [0.2, 0.25) is 5.82 Å². The molecule has 0 radical (unpaired) electrons. The van der Waals surface area contributed by atoms with Gasteiger partial charge in [0.05, 0.1) is 15.9 Å². The van der Waals surface area contributed by atoms with Crippen molar-refractivity contribution in [3.8, 4) is 0 Å². The highest BCUT2D eigenvalue weighted by Gasteiger charge is 2.31. The predicted octanol–water partition coefficient (Wildman–Crippen LogP) is 1.74. The Morgan fingerprint density at radius 2 is 2.32 bits per heavy atom. The molecule has 0 aliphatic carbocycles. The van der Waals surface area contributed by atoms with E-state index in [2.05, 4.69) is 26.2 Å². The van der Waals surface area contributed by atoms with Crippen LogP contribution >= 0.6 is 15.9 Å². The fourth-order valence-electron chi connectivity index (χ4n) is 2.00. The molecule has 0 bridgehead atoms. The third kappa shape index (κ3) is 3.21. The van der Waals surface area contributed by atoms with Crippen molar-refractivity contribution in [1.82, 2.24) is 4.98 Å². The maximum absolute atomic E-state index is 11.7. The average Bonchev–Trinajstić information content (AvgIpc) is 2.66. The highest BCUT2D eigenvalue weighted by atomic mass is 79.9. The van der Waals surface area contributed by atoms with Gasteiger partial charge >= 0.3 is 5.69 Å². The minimum Gasteiger partial charge on any atom is -0.363 e. The summed E-state index contributed by atoms with van der Waals surface area (Å²) in [5, 5.41) is 13.2. The van der Waals surface area contributed by atoms with Crippen molar-refractivity contribution >= 4 is 37.3 Å². The quantitative estimate of drug-likeness (QED) is 0.656. The summed E-state index contributed by atoms with van der Waals surface area (Å²) in [6, 6.07) is 1.33. The molecule has 1 aliphatic rings. The molecule has 2 heterocycles. The third-order valence-electron chi connectivity index (χ3n) is 2.99. The van der Waals surface area contributed by atoms with E-state index in [0.29, 0.717) is 17.3 Å². The van der Waals surface area contributed by atoms with E-state index >= 15 is 0 Å². The number of nitro groups is 1. The van der Waals surface area contributed by atoms with Gasteiger partial charge < -0.3 is 5.32 Å². The van der Waals surface area contributed by atoms with Crippen LogP contribution in [0.2, 0.25) is 0 Å². The second-order valence-electron chi connectivity index (χ2n) is 4.29. The van der Waals surface area contributed by atoms with Crippen molar-refractivity contribution in [2.24, 2.45) is 0 Å². The Bertz CT molecular complexity index is 605. The first kappa shape index (κ1) is 14.2. The van der Waals surface area contributed by atoms with Crippen LogP contribution in [0.3, 0.4) is 0 Å².